The van der Waals surface area contributed by atoms with Crippen LogP contribution in [0, 0.1) is 6.92 Å². The highest BCUT2D eigenvalue weighted by molar-refractivity contribution is 5.90. The molecule has 0 unspecified atom stereocenters. The molecule has 3 aromatic rings. The van der Waals surface area contributed by atoms with Gasteiger partial charge in [0.25, 0.3) is 5.91 Å². The minimum atomic E-state index is -0.756. The van der Waals surface area contributed by atoms with Gasteiger partial charge in [0, 0.05) is 31.9 Å². The maximum absolute atomic E-state index is 12.8. The van der Waals surface area contributed by atoms with Crippen molar-refractivity contribution in [1.29, 1.82) is 0 Å². The van der Waals surface area contributed by atoms with Gasteiger partial charge >= 0.3 is 0 Å². The molecular weight excluding hydrogens is 394 g/mol. The number of hydrogen-bond acceptors (Lipinski definition) is 6. The number of nitrogens with zero attached hydrogens (tertiary/aromatic N) is 5. The van der Waals surface area contributed by atoms with Crippen molar-refractivity contribution in [2.45, 2.75) is 19.6 Å². The number of ether oxygens (including phenoxy) is 1. The smallest absolute Gasteiger partial charge is 0.293 e. The van der Waals surface area contributed by atoms with Crippen molar-refractivity contribution in [3.8, 4) is 5.75 Å². The summed E-state index contributed by atoms with van der Waals surface area (Å²) in [5.74, 6) is 0.707. The second kappa shape index (κ2) is 9.18. The topological polar surface area (TPSA) is 83.7 Å². The monoisotopic (exact) mass is 421 g/mol. The lowest BCUT2D eigenvalue weighted by molar-refractivity contribution is 0.0733. The summed E-state index contributed by atoms with van der Waals surface area (Å²) in [4.78, 5) is 21.0. The molecule has 8 heteroatoms. The van der Waals surface area contributed by atoms with E-state index in [4.69, 9.17) is 4.74 Å². The number of methoxy groups -OCH3 is 1. The molecule has 1 amide bonds. The van der Waals surface area contributed by atoms with Crippen LogP contribution in [0.15, 0.2) is 54.9 Å². The molecule has 4 rings (SSSR count). The van der Waals surface area contributed by atoms with Gasteiger partial charge in [0.2, 0.25) is 5.82 Å². The number of aromatic nitrogens is 3. The van der Waals surface area contributed by atoms with Gasteiger partial charge in [-0.15, -0.1) is 5.10 Å². The highest BCUT2D eigenvalue weighted by Gasteiger charge is 2.25. The first-order valence-corrected chi connectivity index (χ1v) is 10.4. The molecule has 1 aliphatic rings. The number of carbonyl (C=O) groups excluding carboxylic acids is 1. The highest BCUT2D eigenvalue weighted by atomic mass is 16.5. The minimum absolute atomic E-state index is 0.158. The van der Waals surface area contributed by atoms with E-state index in [1.165, 1.54) is 22.3 Å². The molecule has 1 fully saturated rings. The third-order valence-corrected chi connectivity index (χ3v) is 5.55. The lowest BCUT2D eigenvalue weighted by atomic mass is 10.1. The van der Waals surface area contributed by atoms with E-state index in [0.717, 1.165) is 24.4 Å². The van der Waals surface area contributed by atoms with E-state index < -0.39 is 6.10 Å². The van der Waals surface area contributed by atoms with E-state index in [9.17, 15) is 9.90 Å². The van der Waals surface area contributed by atoms with E-state index in [1.807, 2.05) is 0 Å². The van der Waals surface area contributed by atoms with Crippen LogP contribution in [0.1, 0.15) is 27.8 Å². The summed E-state index contributed by atoms with van der Waals surface area (Å²) in [6.45, 7) is 5.07. The molecule has 31 heavy (non-hydrogen) atoms. The number of aliphatic hydroxyl groups is 1. The first-order chi connectivity index (χ1) is 15.0. The number of piperazine rings is 1. The third-order valence-electron chi connectivity index (χ3n) is 5.55. The number of aliphatic hydroxyl groups excluding tert-OH is 1. The maximum Gasteiger partial charge on any atom is 0.293 e. The third kappa shape index (κ3) is 4.86. The van der Waals surface area contributed by atoms with Gasteiger partial charge in [-0.1, -0.05) is 29.8 Å². The van der Waals surface area contributed by atoms with Gasteiger partial charge in [-0.25, -0.2) is 9.67 Å². The Balaban J connectivity index is 1.33. The Bertz CT molecular complexity index is 1010. The molecule has 2 heterocycles. The Morgan fingerprint density at radius 2 is 1.74 bits per heavy atom. The summed E-state index contributed by atoms with van der Waals surface area (Å²) in [5.41, 5.74) is 3.15. The van der Waals surface area contributed by atoms with Crippen molar-refractivity contribution in [1.82, 2.24) is 19.7 Å². The summed E-state index contributed by atoms with van der Waals surface area (Å²) in [6.07, 6.45) is 0.733. The van der Waals surface area contributed by atoms with Gasteiger partial charge in [0.1, 0.15) is 12.1 Å². The molecule has 1 aliphatic heterocycles. The van der Waals surface area contributed by atoms with Crippen molar-refractivity contribution in [3.63, 3.8) is 0 Å². The molecule has 1 aromatic heterocycles. The van der Waals surface area contributed by atoms with E-state index in [0.29, 0.717) is 13.1 Å². The van der Waals surface area contributed by atoms with Crippen LogP contribution in [0.3, 0.4) is 0 Å². The van der Waals surface area contributed by atoms with Gasteiger partial charge in [0.15, 0.2) is 0 Å². The molecule has 1 atom stereocenters. The fourth-order valence-corrected chi connectivity index (χ4v) is 3.65. The van der Waals surface area contributed by atoms with Crippen LogP contribution in [0.5, 0.6) is 5.75 Å². The van der Waals surface area contributed by atoms with Crippen molar-refractivity contribution < 1.29 is 14.6 Å². The lowest BCUT2D eigenvalue weighted by Gasteiger charge is -2.35. The van der Waals surface area contributed by atoms with Crippen molar-refractivity contribution in [2.75, 3.05) is 38.2 Å². The van der Waals surface area contributed by atoms with Crippen molar-refractivity contribution in [3.05, 3.63) is 71.8 Å². The van der Waals surface area contributed by atoms with E-state index >= 15 is 0 Å². The molecule has 1 N–H and O–H groups in total. The van der Waals surface area contributed by atoms with E-state index in [-0.39, 0.29) is 18.3 Å². The molecule has 1 saturated heterocycles. The average molecular weight is 422 g/mol. The standard InChI is InChI=1S/C23H27N5O3/c1-17-3-7-19(8-4-17)26-11-13-27(14-12-26)23(30)22-24-16-28(25-22)15-21(29)18-5-9-20(31-2)10-6-18/h3-10,16,21,29H,11-15H2,1-2H3/t21-/m1/s1. The summed E-state index contributed by atoms with van der Waals surface area (Å²) in [6, 6.07) is 15.6. The molecule has 0 radical (unpaired) electrons. The summed E-state index contributed by atoms with van der Waals surface area (Å²) in [5, 5.41) is 14.7. The SMILES string of the molecule is COc1ccc([C@H](O)Cn2cnc(C(=O)N3CCN(c4ccc(C)cc4)CC3)n2)cc1. The number of aryl methyl sites for hydroxylation is 1. The zero-order valence-corrected chi connectivity index (χ0v) is 17.8. The van der Waals surface area contributed by atoms with Gasteiger partial charge in [-0.2, -0.15) is 0 Å². The quantitative estimate of drug-likeness (QED) is 0.658. The van der Waals surface area contributed by atoms with Crippen LogP contribution < -0.4 is 9.64 Å². The van der Waals surface area contributed by atoms with Crippen LogP contribution >= 0.6 is 0 Å². The normalized spacial score (nSPS) is 15.1. The maximum atomic E-state index is 12.8. The first kappa shape index (κ1) is 20.9. The fraction of sp³-hybridized carbons (Fsp3) is 0.348. The summed E-state index contributed by atoms with van der Waals surface area (Å²) in [7, 11) is 1.60. The van der Waals surface area contributed by atoms with Gasteiger partial charge < -0.3 is 19.6 Å². The summed E-state index contributed by atoms with van der Waals surface area (Å²) >= 11 is 0. The predicted octanol–water partition coefficient (Wildman–Crippen LogP) is 2.29. The number of benzene rings is 2. The fourth-order valence-electron chi connectivity index (χ4n) is 3.65. The Morgan fingerprint density at radius 1 is 1.06 bits per heavy atom. The Labute approximate surface area is 181 Å². The minimum Gasteiger partial charge on any atom is -0.497 e. The van der Waals surface area contributed by atoms with E-state index in [1.54, 1.807) is 36.3 Å². The van der Waals surface area contributed by atoms with Crippen molar-refractivity contribution in [2.24, 2.45) is 0 Å². The average Bonchev–Trinajstić information content (AvgIpc) is 3.27. The second-order valence-corrected chi connectivity index (χ2v) is 7.69. The molecule has 162 valence electrons. The zero-order chi connectivity index (χ0) is 21.8. The van der Waals surface area contributed by atoms with Crippen LogP contribution in [0.4, 0.5) is 5.69 Å². The number of carbonyl (C=O) groups is 1. The molecule has 8 nitrogen and oxygen atoms in total. The molecule has 0 spiro atoms. The highest BCUT2D eigenvalue weighted by Crippen LogP contribution is 2.20. The van der Waals surface area contributed by atoms with Gasteiger partial charge in [-0.05, 0) is 36.8 Å². The molecule has 0 aliphatic carbocycles. The van der Waals surface area contributed by atoms with Gasteiger partial charge in [0.05, 0.1) is 19.8 Å². The summed E-state index contributed by atoms with van der Waals surface area (Å²) < 4.78 is 6.64. The largest absolute Gasteiger partial charge is 0.497 e. The Hall–Kier alpha value is -3.39. The van der Waals surface area contributed by atoms with E-state index in [2.05, 4.69) is 46.2 Å². The molecule has 0 bridgehead atoms. The van der Waals surface area contributed by atoms with Crippen molar-refractivity contribution >= 4 is 11.6 Å². The van der Waals surface area contributed by atoms with Crippen LogP contribution in [-0.4, -0.2) is 64.0 Å². The molecule has 0 saturated carbocycles. The Kier molecular flexibility index (Phi) is 6.18. The van der Waals surface area contributed by atoms with Crippen LogP contribution in [0.2, 0.25) is 0 Å². The Morgan fingerprint density at radius 3 is 2.39 bits per heavy atom. The zero-order valence-electron chi connectivity index (χ0n) is 17.8. The predicted molar refractivity (Wildman–Crippen MR) is 117 cm³/mol. The number of amides is 1. The molecular formula is C23H27N5O3. The molecule has 2 aromatic carbocycles. The van der Waals surface area contributed by atoms with Gasteiger partial charge in [-0.3, -0.25) is 4.79 Å². The number of hydrogen-bond donors (Lipinski definition) is 1. The first-order valence-electron chi connectivity index (χ1n) is 10.4. The van der Waals surface area contributed by atoms with Crippen LogP contribution in [-0.2, 0) is 6.54 Å². The lowest BCUT2D eigenvalue weighted by Crippen LogP contribution is -2.49. The van der Waals surface area contributed by atoms with Crippen LogP contribution in [0.25, 0.3) is 0 Å². The number of rotatable bonds is 6. The second-order valence-electron chi connectivity index (χ2n) is 7.69. The number of anilines is 1.